The van der Waals surface area contributed by atoms with Crippen LogP contribution in [0.5, 0.6) is 0 Å². The van der Waals surface area contributed by atoms with Crippen LogP contribution in [0.1, 0.15) is 37.7 Å². The first-order valence-electron chi connectivity index (χ1n) is 8.80. The summed E-state index contributed by atoms with van der Waals surface area (Å²) in [6.45, 7) is 3.54. The Hall–Kier alpha value is -1.88. The Morgan fingerprint density at radius 1 is 1.17 bits per heavy atom. The summed E-state index contributed by atoms with van der Waals surface area (Å²) in [7, 11) is 1.40. The number of carbonyl (C=O) groups excluding carboxylic acids is 2. The summed E-state index contributed by atoms with van der Waals surface area (Å²) in [5, 5.41) is 3.00. The minimum Gasteiger partial charge on any atom is -0.469 e. The van der Waals surface area contributed by atoms with E-state index in [2.05, 4.69) is 39.2 Å². The number of ether oxygens (including phenoxy) is 1. The standard InChI is InChI=1S/C19H28N2O3/c1-24-18(22)9-5-6-12-20-19(23)17-10-13-21(14-11-17)15-16-7-3-2-4-8-16/h2-4,7-8,17H,5-6,9-15H2,1H3,(H,20,23). The number of hydrogen-bond donors (Lipinski definition) is 1. The van der Waals surface area contributed by atoms with Crippen LogP contribution in [0, 0.1) is 5.92 Å². The van der Waals surface area contributed by atoms with Crippen molar-refractivity contribution < 1.29 is 14.3 Å². The Kier molecular flexibility index (Phi) is 7.75. The highest BCUT2D eigenvalue weighted by Crippen LogP contribution is 2.19. The quantitative estimate of drug-likeness (QED) is 0.586. The summed E-state index contributed by atoms with van der Waals surface area (Å²) in [6.07, 6.45) is 3.82. The van der Waals surface area contributed by atoms with Crippen molar-refractivity contribution in [2.45, 2.75) is 38.6 Å². The van der Waals surface area contributed by atoms with E-state index in [1.807, 2.05) is 6.07 Å². The molecule has 1 fully saturated rings. The molecule has 0 spiro atoms. The summed E-state index contributed by atoms with van der Waals surface area (Å²) in [4.78, 5) is 25.6. The second kappa shape index (κ2) is 10.1. The fourth-order valence-electron chi connectivity index (χ4n) is 3.05. The summed E-state index contributed by atoms with van der Waals surface area (Å²) >= 11 is 0. The molecule has 1 aliphatic rings. The van der Waals surface area contributed by atoms with Crippen molar-refractivity contribution in [1.29, 1.82) is 0 Å². The van der Waals surface area contributed by atoms with Gasteiger partial charge in [0.05, 0.1) is 7.11 Å². The van der Waals surface area contributed by atoms with Crippen LogP contribution in [-0.2, 0) is 20.9 Å². The largest absolute Gasteiger partial charge is 0.469 e. The van der Waals surface area contributed by atoms with Gasteiger partial charge in [-0.2, -0.15) is 0 Å². The smallest absolute Gasteiger partial charge is 0.305 e. The molecule has 132 valence electrons. The number of methoxy groups -OCH3 is 1. The third kappa shape index (κ3) is 6.32. The molecule has 0 bridgehead atoms. The van der Waals surface area contributed by atoms with E-state index in [4.69, 9.17) is 0 Å². The number of benzene rings is 1. The number of nitrogens with one attached hydrogen (secondary N) is 1. The molecule has 1 amide bonds. The number of hydrogen-bond acceptors (Lipinski definition) is 4. The molecule has 1 aliphatic heterocycles. The fraction of sp³-hybridized carbons (Fsp3) is 0.579. The molecule has 1 saturated heterocycles. The Bertz CT molecular complexity index is 511. The molecular formula is C19H28N2O3. The Morgan fingerprint density at radius 2 is 1.88 bits per heavy atom. The fourth-order valence-corrected chi connectivity index (χ4v) is 3.05. The van der Waals surface area contributed by atoms with Crippen LogP contribution in [0.25, 0.3) is 0 Å². The average Bonchev–Trinajstić information content (AvgIpc) is 2.62. The molecule has 5 nitrogen and oxygen atoms in total. The zero-order valence-corrected chi connectivity index (χ0v) is 14.5. The molecule has 0 unspecified atom stereocenters. The van der Waals surface area contributed by atoms with Gasteiger partial charge in [0.25, 0.3) is 0 Å². The van der Waals surface area contributed by atoms with Gasteiger partial charge in [-0.15, -0.1) is 0 Å². The van der Waals surface area contributed by atoms with Crippen LogP contribution >= 0.6 is 0 Å². The van der Waals surface area contributed by atoms with E-state index >= 15 is 0 Å². The monoisotopic (exact) mass is 332 g/mol. The number of nitrogens with zero attached hydrogens (tertiary/aromatic N) is 1. The van der Waals surface area contributed by atoms with Gasteiger partial charge in [-0.25, -0.2) is 0 Å². The third-order valence-electron chi connectivity index (χ3n) is 4.54. The lowest BCUT2D eigenvalue weighted by Gasteiger charge is -2.31. The van der Waals surface area contributed by atoms with E-state index in [-0.39, 0.29) is 17.8 Å². The lowest BCUT2D eigenvalue weighted by atomic mass is 9.95. The molecule has 1 N–H and O–H groups in total. The van der Waals surface area contributed by atoms with Gasteiger partial charge < -0.3 is 10.1 Å². The zero-order valence-electron chi connectivity index (χ0n) is 14.5. The second-order valence-corrected chi connectivity index (χ2v) is 6.36. The van der Waals surface area contributed by atoms with Crippen molar-refractivity contribution in [2.24, 2.45) is 5.92 Å². The highest BCUT2D eigenvalue weighted by Gasteiger charge is 2.24. The van der Waals surface area contributed by atoms with Crippen molar-refractivity contribution >= 4 is 11.9 Å². The van der Waals surface area contributed by atoms with Crippen molar-refractivity contribution in [3.8, 4) is 0 Å². The van der Waals surface area contributed by atoms with Gasteiger partial charge in [-0.3, -0.25) is 14.5 Å². The van der Waals surface area contributed by atoms with Gasteiger partial charge in [-0.1, -0.05) is 30.3 Å². The van der Waals surface area contributed by atoms with Crippen LogP contribution < -0.4 is 5.32 Å². The van der Waals surface area contributed by atoms with Crippen LogP contribution in [0.3, 0.4) is 0 Å². The number of unbranched alkanes of at least 4 members (excludes halogenated alkanes) is 1. The highest BCUT2D eigenvalue weighted by molar-refractivity contribution is 5.78. The maximum Gasteiger partial charge on any atom is 0.305 e. The summed E-state index contributed by atoms with van der Waals surface area (Å²) in [6, 6.07) is 10.5. The topological polar surface area (TPSA) is 58.6 Å². The summed E-state index contributed by atoms with van der Waals surface area (Å²) in [5.41, 5.74) is 1.33. The zero-order chi connectivity index (χ0) is 17.2. The Balaban J connectivity index is 1.59. The molecule has 1 aromatic rings. The number of amides is 1. The SMILES string of the molecule is COC(=O)CCCCNC(=O)C1CCN(Cc2ccccc2)CC1. The lowest BCUT2D eigenvalue weighted by Crippen LogP contribution is -2.40. The molecule has 0 radical (unpaired) electrons. The van der Waals surface area contributed by atoms with Gasteiger partial charge in [0.15, 0.2) is 0 Å². The first-order valence-corrected chi connectivity index (χ1v) is 8.80. The van der Waals surface area contributed by atoms with Gasteiger partial charge in [0.2, 0.25) is 5.91 Å². The third-order valence-corrected chi connectivity index (χ3v) is 4.54. The molecule has 5 heteroatoms. The second-order valence-electron chi connectivity index (χ2n) is 6.36. The molecule has 1 aromatic carbocycles. The van der Waals surface area contributed by atoms with E-state index in [1.54, 1.807) is 0 Å². The number of esters is 1. The number of likely N-dealkylation sites (tertiary alicyclic amines) is 1. The maximum absolute atomic E-state index is 12.2. The molecule has 0 aromatic heterocycles. The molecule has 0 atom stereocenters. The predicted molar refractivity (Wildman–Crippen MR) is 93.3 cm³/mol. The van der Waals surface area contributed by atoms with Crippen molar-refractivity contribution in [3.05, 3.63) is 35.9 Å². The van der Waals surface area contributed by atoms with Crippen molar-refractivity contribution in [1.82, 2.24) is 10.2 Å². The van der Waals surface area contributed by atoms with E-state index in [0.717, 1.165) is 45.3 Å². The number of rotatable bonds is 8. The Labute approximate surface area is 144 Å². The minimum absolute atomic E-state index is 0.123. The number of piperidine rings is 1. The summed E-state index contributed by atoms with van der Waals surface area (Å²) < 4.78 is 4.59. The maximum atomic E-state index is 12.2. The van der Waals surface area contributed by atoms with Gasteiger partial charge in [0.1, 0.15) is 0 Å². The van der Waals surface area contributed by atoms with E-state index in [9.17, 15) is 9.59 Å². The van der Waals surface area contributed by atoms with Crippen LogP contribution in [-0.4, -0.2) is 43.5 Å². The molecule has 1 heterocycles. The molecule has 0 saturated carbocycles. The van der Waals surface area contributed by atoms with E-state index in [0.29, 0.717) is 13.0 Å². The molecule has 24 heavy (non-hydrogen) atoms. The van der Waals surface area contributed by atoms with Gasteiger partial charge >= 0.3 is 5.97 Å². The normalized spacial score (nSPS) is 15.9. The molecular weight excluding hydrogens is 304 g/mol. The van der Waals surface area contributed by atoms with Crippen LogP contribution in [0.15, 0.2) is 30.3 Å². The average molecular weight is 332 g/mol. The first kappa shape index (κ1) is 18.5. The Morgan fingerprint density at radius 3 is 2.54 bits per heavy atom. The lowest BCUT2D eigenvalue weighted by molar-refractivity contribution is -0.140. The molecule has 0 aliphatic carbocycles. The van der Waals surface area contributed by atoms with Crippen molar-refractivity contribution in [3.63, 3.8) is 0 Å². The first-order chi connectivity index (χ1) is 11.7. The van der Waals surface area contributed by atoms with E-state index in [1.165, 1.54) is 12.7 Å². The molecule has 2 rings (SSSR count). The van der Waals surface area contributed by atoms with Crippen molar-refractivity contribution in [2.75, 3.05) is 26.7 Å². The predicted octanol–water partition coefficient (Wildman–Crippen LogP) is 2.36. The highest BCUT2D eigenvalue weighted by atomic mass is 16.5. The number of carbonyl (C=O) groups is 2. The summed E-state index contributed by atoms with van der Waals surface area (Å²) in [5.74, 6) is 0.0946. The van der Waals surface area contributed by atoms with E-state index < -0.39 is 0 Å². The van der Waals surface area contributed by atoms with Gasteiger partial charge in [0, 0.05) is 25.4 Å². The van der Waals surface area contributed by atoms with Crippen LogP contribution in [0.2, 0.25) is 0 Å². The van der Waals surface area contributed by atoms with Gasteiger partial charge in [-0.05, 0) is 44.3 Å². The van der Waals surface area contributed by atoms with Crippen LogP contribution in [0.4, 0.5) is 0 Å². The minimum atomic E-state index is -0.188.